The van der Waals surface area contributed by atoms with Crippen LogP contribution in [0.15, 0.2) is 10.8 Å². The highest BCUT2D eigenvalue weighted by Gasteiger charge is 2.33. The van der Waals surface area contributed by atoms with Crippen LogP contribution in [0.3, 0.4) is 0 Å². The molecule has 0 saturated carbocycles. The summed E-state index contributed by atoms with van der Waals surface area (Å²) in [6.07, 6.45) is -3.88. The van der Waals surface area contributed by atoms with E-state index in [0.29, 0.717) is 6.20 Å². The summed E-state index contributed by atoms with van der Waals surface area (Å²) < 4.78 is 35.8. The molecule has 0 aliphatic carbocycles. The van der Waals surface area contributed by atoms with Crippen LogP contribution in [0.4, 0.5) is 13.2 Å². The summed E-state index contributed by atoms with van der Waals surface area (Å²) in [5.74, 6) is -0.672. The van der Waals surface area contributed by atoms with Gasteiger partial charge in [-0.15, -0.1) is 13.2 Å². The quantitative estimate of drug-likeness (QED) is 0.706. The fourth-order valence-corrected chi connectivity index (χ4v) is 1.04. The van der Waals surface area contributed by atoms with E-state index >= 15 is 0 Å². The molecule has 0 aromatic carbocycles. The molecular formula is C5H2BrF3N2O. The number of halogens is 4. The van der Waals surface area contributed by atoms with Gasteiger partial charge >= 0.3 is 6.30 Å². The Morgan fingerprint density at radius 3 is 2.50 bits per heavy atom. The van der Waals surface area contributed by atoms with Crippen LogP contribution in [0, 0.1) is 0 Å². The van der Waals surface area contributed by atoms with Gasteiger partial charge in [-0.2, -0.15) is 0 Å². The second-order valence-corrected chi connectivity index (χ2v) is 2.69. The fourth-order valence-electron chi connectivity index (χ4n) is 0.651. The smallest absolute Gasteiger partial charge is 0.294 e. The number of imidazole rings is 1. The molecule has 1 rings (SSSR count). The molecule has 0 bridgehead atoms. The largest absolute Gasteiger partial charge is 0.490 e. The molecule has 0 aliphatic rings. The SMILES string of the molecule is O=Cc1nc(Br)cn1C(F)(F)F. The molecule has 1 aromatic rings. The van der Waals surface area contributed by atoms with Gasteiger partial charge < -0.3 is 0 Å². The van der Waals surface area contributed by atoms with Gasteiger partial charge in [-0.1, -0.05) is 0 Å². The molecule has 0 N–H and O–H groups in total. The summed E-state index contributed by atoms with van der Waals surface area (Å²) in [6, 6.07) is 0. The highest BCUT2D eigenvalue weighted by Crippen LogP contribution is 2.25. The molecule has 66 valence electrons. The van der Waals surface area contributed by atoms with E-state index in [-0.39, 0.29) is 15.5 Å². The number of aromatic nitrogens is 2. The maximum absolute atomic E-state index is 12.0. The maximum atomic E-state index is 12.0. The second kappa shape index (κ2) is 2.89. The first kappa shape index (κ1) is 9.24. The normalized spacial score (nSPS) is 11.7. The van der Waals surface area contributed by atoms with E-state index in [4.69, 9.17) is 0 Å². The third kappa shape index (κ3) is 1.66. The monoisotopic (exact) mass is 242 g/mol. The Labute approximate surface area is 73.3 Å². The summed E-state index contributed by atoms with van der Waals surface area (Å²) in [7, 11) is 0. The van der Waals surface area contributed by atoms with Gasteiger partial charge in [-0.3, -0.25) is 4.79 Å². The minimum atomic E-state index is -4.60. The van der Waals surface area contributed by atoms with Crippen LogP contribution in [0.1, 0.15) is 10.6 Å². The van der Waals surface area contributed by atoms with Gasteiger partial charge in [0.2, 0.25) is 0 Å². The third-order valence-corrected chi connectivity index (χ3v) is 1.46. The maximum Gasteiger partial charge on any atom is 0.490 e. The van der Waals surface area contributed by atoms with Crippen molar-refractivity contribution in [1.82, 2.24) is 9.55 Å². The van der Waals surface area contributed by atoms with Crippen LogP contribution in [0.25, 0.3) is 0 Å². The van der Waals surface area contributed by atoms with Crippen molar-refractivity contribution >= 4 is 22.2 Å². The van der Waals surface area contributed by atoms with E-state index in [1.165, 1.54) is 0 Å². The molecule has 7 heteroatoms. The molecular weight excluding hydrogens is 241 g/mol. The first-order valence-corrected chi connectivity index (χ1v) is 3.51. The molecule has 12 heavy (non-hydrogen) atoms. The van der Waals surface area contributed by atoms with Crippen molar-refractivity contribution in [3.05, 3.63) is 16.6 Å². The lowest BCUT2D eigenvalue weighted by atomic mass is 10.7. The van der Waals surface area contributed by atoms with Crippen molar-refractivity contribution in [2.45, 2.75) is 6.30 Å². The van der Waals surface area contributed by atoms with Gasteiger partial charge in [0.15, 0.2) is 12.1 Å². The third-order valence-electron chi connectivity index (χ3n) is 1.08. The van der Waals surface area contributed by atoms with E-state index in [1.54, 1.807) is 0 Å². The minimum Gasteiger partial charge on any atom is -0.294 e. The number of carbonyl (C=O) groups excluding carboxylic acids is 1. The summed E-state index contributed by atoms with van der Waals surface area (Å²) >= 11 is 2.73. The first-order chi connectivity index (χ1) is 5.45. The summed E-state index contributed by atoms with van der Waals surface area (Å²) in [5, 5.41) is 0. The molecule has 1 aromatic heterocycles. The average molecular weight is 243 g/mol. The zero-order chi connectivity index (χ0) is 9.35. The Morgan fingerprint density at radius 1 is 1.58 bits per heavy atom. The van der Waals surface area contributed by atoms with Crippen LogP contribution in [0.2, 0.25) is 0 Å². The Morgan fingerprint density at radius 2 is 2.17 bits per heavy atom. The van der Waals surface area contributed by atoms with Crippen LogP contribution in [-0.4, -0.2) is 15.8 Å². The van der Waals surface area contributed by atoms with Crippen molar-refractivity contribution in [2.24, 2.45) is 0 Å². The van der Waals surface area contributed by atoms with Gasteiger partial charge in [-0.05, 0) is 15.9 Å². The average Bonchev–Trinajstić information content (AvgIpc) is 2.29. The van der Waals surface area contributed by atoms with Crippen molar-refractivity contribution < 1.29 is 18.0 Å². The van der Waals surface area contributed by atoms with Gasteiger partial charge in [0, 0.05) is 6.20 Å². The van der Waals surface area contributed by atoms with Crippen molar-refractivity contribution in [3.63, 3.8) is 0 Å². The number of nitrogens with zero attached hydrogens (tertiary/aromatic N) is 2. The fraction of sp³-hybridized carbons (Fsp3) is 0.200. The van der Waals surface area contributed by atoms with E-state index in [9.17, 15) is 18.0 Å². The van der Waals surface area contributed by atoms with E-state index < -0.39 is 12.1 Å². The molecule has 0 radical (unpaired) electrons. The summed E-state index contributed by atoms with van der Waals surface area (Å²) in [4.78, 5) is 13.4. The van der Waals surface area contributed by atoms with Crippen molar-refractivity contribution in [1.29, 1.82) is 0 Å². The molecule has 0 atom stereocenters. The van der Waals surface area contributed by atoms with Gasteiger partial charge in [0.25, 0.3) is 0 Å². The number of carbonyl (C=O) groups is 1. The Kier molecular flexibility index (Phi) is 2.22. The molecule has 0 spiro atoms. The van der Waals surface area contributed by atoms with Crippen LogP contribution in [0.5, 0.6) is 0 Å². The highest BCUT2D eigenvalue weighted by atomic mass is 79.9. The molecule has 0 amide bonds. The van der Waals surface area contributed by atoms with E-state index in [0.717, 1.165) is 0 Å². The van der Waals surface area contributed by atoms with Crippen molar-refractivity contribution in [2.75, 3.05) is 0 Å². The zero-order valence-corrected chi connectivity index (χ0v) is 7.06. The molecule has 0 fully saturated rings. The number of hydrogen-bond donors (Lipinski definition) is 0. The number of alkyl halides is 3. The molecule has 0 unspecified atom stereocenters. The van der Waals surface area contributed by atoms with E-state index in [2.05, 4.69) is 20.9 Å². The van der Waals surface area contributed by atoms with Crippen molar-refractivity contribution in [3.8, 4) is 0 Å². The predicted octanol–water partition coefficient (Wildman–Crippen LogP) is 1.93. The minimum absolute atomic E-state index is 0.0260. The summed E-state index contributed by atoms with van der Waals surface area (Å²) in [6.45, 7) is 0. The Balaban J connectivity index is 3.22. The lowest BCUT2D eigenvalue weighted by molar-refractivity contribution is -0.204. The summed E-state index contributed by atoms with van der Waals surface area (Å²) in [5.41, 5.74) is 0. The van der Waals surface area contributed by atoms with Gasteiger partial charge in [0.05, 0.1) is 0 Å². The Hall–Kier alpha value is -0.850. The number of rotatable bonds is 1. The predicted molar refractivity (Wildman–Crippen MR) is 36.6 cm³/mol. The van der Waals surface area contributed by atoms with E-state index in [1.807, 2.05) is 0 Å². The topological polar surface area (TPSA) is 34.9 Å². The van der Waals surface area contributed by atoms with Crippen LogP contribution >= 0.6 is 15.9 Å². The first-order valence-electron chi connectivity index (χ1n) is 2.72. The standard InChI is InChI=1S/C5H2BrF3N2O/c6-3-1-11(5(7,8)9)4(2-12)10-3/h1-2H. The second-order valence-electron chi connectivity index (χ2n) is 1.88. The molecule has 1 heterocycles. The zero-order valence-electron chi connectivity index (χ0n) is 5.47. The Bertz CT molecular complexity index is 306. The molecule has 0 saturated heterocycles. The van der Waals surface area contributed by atoms with Gasteiger partial charge in [-0.25, -0.2) is 9.55 Å². The lowest BCUT2D eigenvalue weighted by Gasteiger charge is -2.06. The molecule has 3 nitrogen and oxygen atoms in total. The highest BCUT2D eigenvalue weighted by molar-refractivity contribution is 9.10. The lowest BCUT2D eigenvalue weighted by Crippen LogP contribution is -2.18. The van der Waals surface area contributed by atoms with Crippen LogP contribution < -0.4 is 0 Å². The van der Waals surface area contributed by atoms with Gasteiger partial charge in [0.1, 0.15) is 4.60 Å². The number of hydrogen-bond acceptors (Lipinski definition) is 2. The molecule has 0 aliphatic heterocycles. The number of aldehydes is 1. The van der Waals surface area contributed by atoms with Crippen LogP contribution in [-0.2, 0) is 6.30 Å².